The molecule has 36 heavy (non-hydrogen) atoms. The molecule has 0 saturated heterocycles. The van der Waals surface area contributed by atoms with Gasteiger partial charge in [0.2, 0.25) is 0 Å². The summed E-state index contributed by atoms with van der Waals surface area (Å²) in [6.45, 7) is 2.73. The zero-order valence-corrected chi connectivity index (χ0v) is 19.7. The molecular weight excluding hydrogens is 461 g/mol. The molecule has 182 valence electrons. The van der Waals surface area contributed by atoms with Crippen molar-refractivity contribution < 1.29 is 9.18 Å². The number of benzene rings is 1. The van der Waals surface area contributed by atoms with Gasteiger partial charge in [0.1, 0.15) is 35.4 Å². The van der Waals surface area contributed by atoms with E-state index in [2.05, 4.69) is 30.9 Å². The first-order chi connectivity index (χ1) is 17.4. The number of nitrogens with two attached hydrogens (primary N) is 1. The van der Waals surface area contributed by atoms with Crippen molar-refractivity contribution in [3.05, 3.63) is 71.6 Å². The Labute approximate surface area is 206 Å². The third kappa shape index (κ3) is 4.89. The number of halogens is 1. The Morgan fingerprint density at radius 2 is 2.03 bits per heavy atom. The number of anilines is 2. The molecule has 0 aliphatic carbocycles. The van der Waals surface area contributed by atoms with Crippen LogP contribution in [0.3, 0.4) is 0 Å². The maximum atomic E-state index is 14.3. The second kappa shape index (κ2) is 10.7. The van der Waals surface area contributed by atoms with E-state index in [1.165, 1.54) is 24.5 Å². The maximum absolute atomic E-state index is 14.3. The monoisotopic (exact) mass is 485 g/mol. The molecule has 11 heteroatoms. The molecule has 10 nitrogen and oxygen atoms in total. The Morgan fingerprint density at radius 3 is 2.75 bits per heavy atom. The number of aromatic nitrogens is 4. The van der Waals surface area contributed by atoms with Crippen molar-refractivity contribution >= 4 is 28.4 Å². The number of nitriles is 1. The molecule has 0 bridgehead atoms. The lowest BCUT2D eigenvalue weighted by molar-refractivity contribution is 0.0956. The molecule has 0 spiro atoms. The topological polar surface area (TPSA) is 155 Å². The number of amides is 1. The van der Waals surface area contributed by atoms with Crippen LogP contribution in [-0.4, -0.2) is 46.0 Å². The SMILES string of the molecule is CNCCNC(=O)c1c(-c2ccccn2)c([C@H](C)Nc2ncnc(N)c2C#N)nc2ccc(F)cc12. The number of carbonyl (C=O) groups excluding carboxylic acids is 1. The zero-order valence-electron chi connectivity index (χ0n) is 19.7. The van der Waals surface area contributed by atoms with Crippen molar-refractivity contribution in [1.82, 2.24) is 30.6 Å². The molecule has 1 aromatic carbocycles. The number of hydrogen-bond acceptors (Lipinski definition) is 9. The molecule has 5 N–H and O–H groups in total. The van der Waals surface area contributed by atoms with E-state index in [1.807, 2.05) is 13.0 Å². The number of fused-ring (bicyclic) bond motifs is 1. The molecule has 0 saturated carbocycles. The molecule has 0 unspecified atom stereocenters. The van der Waals surface area contributed by atoms with E-state index in [0.29, 0.717) is 40.9 Å². The number of likely N-dealkylation sites (N-methyl/N-ethyl adjacent to an activating group) is 1. The first kappa shape index (κ1) is 24.4. The van der Waals surface area contributed by atoms with E-state index < -0.39 is 11.9 Å². The smallest absolute Gasteiger partial charge is 0.252 e. The van der Waals surface area contributed by atoms with Gasteiger partial charge in [-0.15, -0.1) is 0 Å². The van der Waals surface area contributed by atoms with Gasteiger partial charge in [-0.3, -0.25) is 9.78 Å². The highest BCUT2D eigenvalue weighted by Crippen LogP contribution is 2.36. The zero-order chi connectivity index (χ0) is 25.7. The van der Waals surface area contributed by atoms with Crippen LogP contribution in [-0.2, 0) is 0 Å². The van der Waals surface area contributed by atoms with Crippen LogP contribution in [0, 0.1) is 17.1 Å². The lowest BCUT2D eigenvalue weighted by Gasteiger charge is -2.22. The standard InChI is InChI=1S/C25H24FN9O/c1-14(34-24-17(12-27)23(28)32-13-33-24)22-21(19-5-3-4-8-30-19)20(25(36)31-10-9-29-2)16-11-15(26)6-7-18(16)35-22/h3-8,11,13-14,29H,9-10H2,1-2H3,(H,31,36)(H3,28,32,33,34)/t14-/m0/s1. The summed E-state index contributed by atoms with van der Waals surface area (Å²) in [6, 6.07) is 10.9. The second-order valence-electron chi connectivity index (χ2n) is 7.94. The summed E-state index contributed by atoms with van der Waals surface area (Å²) in [5, 5.41) is 18.9. The van der Waals surface area contributed by atoms with Crippen LogP contribution in [0.5, 0.6) is 0 Å². The average Bonchev–Trinajstić information content (AvgIpc) is 2.88. The number of nitrogen functional groups attached to an aromatic ring is 1. The van der Waals surface area contributed by atoms with Crippen molar-refractivity contribution in [3.63, 3.8) is 0 Å². The van der Waals surface area contributed by atoms with E-state index in [1.54, 1.807) is 31.4 Å². The fraction of sp³-hybridized carbons (Fsp3) is 0.200. The molecule has 0 aliphatic heterocycles. The van der Waals surface area contributed by atoms with Crippen LogP contribution >= 0.6 is 0 Å². The number of hydrogen-bond donors (Lipinski definition) is 4. The predicted octanol–water partition coefficient (Wildman–Crippen LogP) is 2.80. The summed E-state index contributed by atoms with van der Waals surface area (Å²) in [7, 11) is 1.78. The second-order valence-corrected chi connectivity index (χ2v) is 7.94. The van der Waals surface area contributed by atoms with Gasteiger partial charge >= 0.3 is 0 Å². The Balaban J connectivity index is 1.95. The summed E-state index contributed by atoms with van der Waals surface area (Å²) in [5.41, 5.74) is 8.01. The van der Waals surface area contributed by atoms with Crippen molar-refractivity contribution in [2.75, 3.05) is 31.2 Å². The average molecular weight is 486 g/mol. The highest BCUT2D eigenvalue weighted by atomic mass is 19.1. The van der Waals surface area contributed by atoms with Crippen LogP contribution in [0.15, 0.2) is 48.9 Å². The molecule has 4 aromatic rings. The van der Waals surface area contributed by atoms with Crippen LogP contribution in [0.1, 0.15) is 34.6 Å². The van der Waals surface area contributed by atoms with Gasteiger partial charge in [-0.25, -0.2) is 19.3 Å². The Bertz CT molecular complexity index is 1450. The van der Waals surface area contributed by atoms with Gasteiger partial charge in [-0.2, -0.15) is 5.26 Å². The summed E-state index contributed by atoms with van der Waals surface area (Å²) < 4.78 is 14.3. The Morgan fingerprint density at radius 1 is 1.19 bits per heavy atom. The number of pyridine rings is 2. The molecule has 1 amide bonds. The maximum Gasteiger partial charge on any atom is 0.252 e. The third-order valence-electron chi connectivity index (χ3n) is 5.54. The number of nitrogens with zero attached hydrogens (tertiary/aromatic N) is 5. The molecule has 3 aromatic heterocycles. The minimum absolute atomic E-state index is 0.0405. The van der Waals surface area contributed by atoms with E-state index in [0.717, 1.165) is 0 Å². The van der Waals surface area contributed by atoms with Crippen molar-refractivity contribution in [3.8, 4) is 17.3 Å². The van der Waals surface area contributed by atoms with Crippen LogP contribution in [0.25, 0.3) is 22.2 Å². The quantitative estimate of drug-likeness (QED) is 0.276. The first-order valence-electron chi connectivity index (χ1n) is 11.2. The highest BCUT2D eigenvalue weighted by Gasteiger charge is 2.26. The lowest BCUT2D eigenvalue weighted by atomic mass is 9.94. The first-order valence-corrected chi connectivity index (χ1v) is 11.2. The fourth-order valence-electron chi connectivity index (χ4n) is 3.86. The third-order valence-corrected chi connectivity index (χ3v) is 5.54. The minimum Gasteiger partial charge on any atom is -0.382 e. The largest absolute Gasteiger partial charge is 0.382 e. The van der Waals surface area contributed by atoms with E-state index >= 15 is 0 Å². The van der Waals surface area contributed by atoms with Gasteiger partial charge < -0.3 is 21.7 Å². The summed E-state index contributed by atoms with van der Waals surface area (Å²) in [6.07, 6.45) is 2.86. The van der Waals surface area contributed by atoms with Crippen LogP contribution < -0.4 is 21.7 Å². The molecule has 0 fully saturated rings. The lowest BCUT2D eigenvalue weighted by Crippen LogP contribution is -2.31. The van der Waals surface area contributed by atoms with Gasteiger partial charge in [0, 0.05) is 30.2 Å². The van der Waals surface area contributed by atoms with Crippen LogP contribution in [0.4, 0.5) is 16.0 Å². The Kier molecular flexibility index (Phi) is 7.27. The molecule has 3 heterocycles. The normalized spacial score (nSPS) is 11.6. The van der Waals surface area contributed by atoms with Crippen LogP contribution in [0.2, 0.25) is 0 Å². The molecule has 4 rings (SSSR count). The van der Waals surface area contributed by atoms with Gasteiger partial charge in [0.25, 0.3) is 5.91 Å². The number of rotatable bonds is 8. The summed E-state index contributed by atoms with van der Waals surface area (Å²) in [5.74, 6) is -0.611. The summed E-state index contributed by atoms with van der Waals surface area (Å²) >= 11 is 0. The number of carbonyl (C=O) groups is 1. The predicted molar refractivity (Wildman–Crippen MR) is 134 cm³/mol. The molecule has 1 atom stereocenters. The Hall–Kier alpha value is -4.69. The van der Waals surface area contributed by atoms with E-state index in [-0.39, 0.29) is 28.7 Å². The van der Waals surface area contributed by atoms with Gasteiger partial charge in [0.05, 0.1) is 28.5 Å². The van der Waals surface area contributed by atoms with Crippen molar-refractivity contribution in [2.24, 2.45) is 0 Å². The van der Waals surface area contributed by atoms with Gasteiger partial charge in [0.15, 0.2) is 0 Å². The van der Waals surface area contributed by atoms with E-state index in [9.17, 15) is 14.4 Å². The molecular formula is C25H24FN9O. The van der Waals surface area contributed by atoms with Gasteiger partial charge in [-0.1, -0.05) is 6.07 Å². The van der Waals surface area contributed by atoms with E-state index in [4.69, 9.17) is 10.7 Å². The van der Waals surface area contributed by atoms with Crippen molar-refractivity contribution in [2.45, 2.75) is 13.0 Å². The number of nitrogens with one attached hydrogen (secondary N) is 3. The minimum atomic E-state index is -0.554. The van der Waals surface area contributed by atoms with Gasteiger partial charge in [-0.05, 0) is 44.3 Å². The van der Waals surface area contributed by atoms with Crippen molar-refractivity contribution in [1.29, 1.82) is 5.26 Å². The summed E-state index contributed by atoms with van der Waals surface area (Å²) in [4.78, 5) is 30.8. The molecule has 0 radical (unpaired) electrons. The highest BCUT2D eigenvalue weighted by molar-refractivity contribution is 6.12. The molecule has 0 aliphatic rings. The fourth-order valence-corrected chi connectivity index (χ4v) is 3.86.